The third-order valence-corrected chi connectivity index (χ3v) is 7.64. The number of rotatable bonds is 6. The Morgan fingerprint density at radius 1 is 1.05 bits per heavy atom. The van der Waals surface area contributed by atoms with E-state index in [1.54, 1.807) is 31.4 Å². The Hall–Kier alpha value is -2.97. The van der Waals surface area contributed by atoms with Crippen LogP contribution in [0.3, 0.4) is 0 Å². The van der Waals surface area contributed by atoms with Crippen molar-refractivity contribution >= 4 is 84.5 Å². The molecule has 4 aromatic rings. The van der Waals surface area contributed by atoms with Crippen LogP contribution < -0.4 is 14.8 Å². The molecular weight excluding hydrogens is 595 g/mol. The topological polar surface area (TPSA) is 59.9 Å². The number of amidine groups is 1. The second kappa shape index (κ2) is 11.2. The molecule has 1 aliphatic heterocycles. The summed E-state index contributed by atoms with van der Waals surface area (Å²) in [5.41, 5.74) is 2.32. The molecule has 1 heterocycles. The van der Waals surface area contributed by atoms with Crippen LogP contribution in [0.2, 0.25) is 10.0 Å². The van der Waals surface area contributed by atoms with Crippen LogP contribution in [0.4, 0.5) is 5.69 Å². The van der Waals surface area contributed by atoms with Gasteiger partial charge in [0.15, 0.2) is 16.7 Å². The zero-order valence-electron chi connectivity index (χ0n) is 19.4. The normalized spacial score (nSPS) is 15.4. The number of ether oxygens (including phenoxy) is 2. The standard InChI is InChI=1S/C28H19BrCl2N2O3S/c1-35-24-12-16(13-25-27(34)33-28(37-25)32-23-14-19(30)9-10-22(23)31)11-21(29)26(24)36-15-18-7-4-6-17-5-2-3-8-20(17)18/h2-14H,15H2,1H3,(H,32,33,34)/b25-13+. The first-order valence-electron chi connectivity index (χ1n) is 11.1. The fraction of sp³-hybridized carbons (Fsp3) is 0.0714. The minimum atomic E-state index is -0.256. The molecule has 1 aliphatic rings. The van der Waals surface area contributed by atoms with Crippen molar-refractivity contribution in [2.75, 3.05) is 7.11 Å². The van der Waals surface area contributed by atoms with Crippen molar-refractivity contribution in [3.8, 4) is 11.5 Å². The molecule has 186 valence electrons. The molecule has 4 aromatic carbocycles. The average molecular weight is 614 g/mol. The van der Waals surface area contributed by atoms with Gasteiger partial charge in [0.25, 0.3) is 5.91 Å². The van der Waals surface area contributed by atoms with Crippen molar-refractivity contribution in [1.29, 1.82) is 0 Å². The second-order valence-electron chi connectivity index (χ2n) is 8.04. The Kier molecular flexibility index (Phi) is 7.76. The molecule has 0 atom stereocenters. The summed E-state index contributed by atoms with van der Waals surface area (Å²) in [6.45, 7) is 0.376. The lowest BCUT2D eigenvalue weighted by Crippen LogP contribution is -2.19. The minimum Gasteiger partial charge on any atom is -0.493 e. The molecule has 0 spiro atoms. The lowest BCUT2D eigenvalue weighted by Gasteiger charge is -2.15. The highest BCUT2D eigenvalue weighted by atomic mass is 79.9. The second-order valence-corrected chi connectivity index (χ2v) is 10.8. The predicted molar refractivity (Wildman–Crippen MR) is 156 cm³/mol. The molecule has 5 rings (SSSR count). The van der Waals surface area contributed by atoms with E-state index in [0.29, 0.717) is 48.4 Å². The molecule has 1 amide bonds. The van der Waals surface area contributed by atoms with Gasteiger partial charge in [-0.2, -0.15) is 0 Å². The van der Waals surface area contributed by atoms with Crippen molar-refractivity contribution in [2.45, 2.75) is 6.61 Å². The van der Waals surface area contributed by atoms with Crippen LogP contribution in [-0.4, -0.2) is 18.2 Å². The molecule has 0 unspecified atom stereocenters. The van der Waals surface area contributed by atoms with Gasteiger partial charge >= 0.3 is 0 Å². The van der Waals surface area contributed by atoms with Crippen LogP contribution >= 0.6 is 50.9 Å². The van der Waals surface area contributed by atoms with Crippen LogP contribution in [0.25, 0.3) is 16.8 Å². The zero-order chi connectivity index (χ0) is 25.9. The number of methoxy groups -OCH3 is 1. The first-order chi connectivity index (χ1) is 17.9. The molecule has 37 heavy (non-hydrogen) atoms. The Morgan fingerprint density at radius 3 is 2.70 bits per heavy atom. The fourth-order valence-electron chi connectivity index (χ4n) is 3.84. The number of carbonyl (C=O) groups excluding carboxylic acids is 1. The largest absolute Gasteiger partial charge is 0.493 e. The number of amides is 1. The van der Waals surface area contributed by atoms with E-state index >= 15 is 0 Å². The average Bonchev–Trinajstić information content (AvgIpc) is 3.23. The van der Waals surface area contributed by atoms with Gasteiger partial charge < -0.3 is 14.8 Å². The summed E-state index contributed by atoms with van der Waals surface area (Å²) in [6.07, 6.45) is 1.77. The maximum Gasteiger partial charge on any atom is 0.264 e. The van der Waals surface area contributed by atoms with Gasteiger partial charge in [-0.25, -0.2) is 4.99 Å². The molecule has 0 bridgehead atoms. The smallest absolute Gasteiger partial charge is 0.264 e. The Labute approximate surface area is 236 Å². The Balaban J connectivity index is 1.38. The molecule has 0 radical (unpaired) electrons. The van der Waals surface area contributed by atoms with Crippen LogP contribution in [0.1, 0.15) is 11.1 Å². The number of thioether (sulfide) groups is 1. The monoisotopic (exact) mass is 612 g/mol. The maximum atomic E-state index is 12.6. The van der Waals surface area contributed by atoms with Crippen LogP contribution in [0.5, 0.6) is 11.5 Å². The molecule has 1 fully saturated rings. The molecule has 9 heteroatoms. The van der Waals surface area contributed by atoms with E-state index in [9.17, 15) is 4.79 Å². The highest BCUT2D eigenvalue weighted by molar-refractivity contribution is 9.10. The third kappa shape index (κ3) is 5.80. The van der Waals surface area contributed by atoms with Gasteiger partial charge in [0.2, 0.25) is 0 Å². The van der Waals surface area contributed by atoms with E-state index in [0.717, 1.165) is 21.9 Å². The molecule has 0 aliphatic carbocycles. The number of hydrogen-bond acceptors (Lipinski definition) is 5. The molecule has 5 nitrogen and oxygen atoms in total. The summed E-state index contributed by atoms with van der Waals surface area (Å²) in [7, 11) is 1.58. The maximum absolute atomic E-state index is 12.6. The summed E-state index contributed by atoms with van der Waals surface area (Å²) < 4.78 is 12.5. The van der Waals surface area contributed by atoms with Crippen LogP contribution in [0, 0.1) is 0 Å². The number of nitrogens with one attached hydrogen (secondary N) is 1. The number of benzene rings is 4. The number of aliphatic imine (C=N–C) groups is 1. The number of fused-ring (bicyclic) bond motifs is 1. The van der Waals surface area contributed by atoms with Gasteiger partial charge in [-0.3, -0.25) is 4.79 Å². The van der Waals surface area contributed by atoms with Gasteiger partial charge in [0, 0.05) is 5.02 Å². The van der Waals surface area contributed by atoms with E-state index in [-0.39, 0.29) is 5.91 Å². The predicted octanol–water partition coefficient (Wildman–Crippen LogP) is 8.39. The minimum absolute atomic E-state index is 0.256. The van der Waals surface area contributed by atoms with Crippen molar-refractivity contribution in [3.63, 3.8) is 0 Å². The first kappa shape index (κ1) is 25.7. The van der Waals surface area contributed by atoms with Crippen molar-refractivity contribution in [2.24, 2.45) is 4.99 Å². The Bertz CT molecular complexity index is 1580. The molecule has 0 aromatic heterocycles. The number of nitrogens with zero attached hydrogens (tertiary/aromatic N) is 1. The summed E-state index contributed by atoms with van der Waals surface area (Å²) in [6, 6.07) is 23.0. The van der Waals surface area contributed by atoms with E-state index in [1.165, 1.54) is 11.8 Å². The quantitative estimate of drug-likeness (QED) is 0.222. The first-order valence-corrected chi connectivity index (χ1v) is 13.5. The summed E-state index contributed by atoms with van der Waals surface area (Å²) in [4.78, 5) is 17.5. The van der Waals surface area contributed by atoms with E-state index < -0.39 is 0 Å². The molecule has 1 N–H and O–H groups in total. The zero-order valence-corrected chi connectivity index (χ0v) is 23.3. The highest BCUT2D eigenvalue weighted by Crippen LogP contribution is 2.39. The van der Waals surface area contributed by atoms with Gasteiger partial charge in [-0.05, 0) is 86.0 Å². The number of carbonyl (C=O) groups is 1. The number of hydrogen-bond donors (Lipinski definition) is 1. The van der Waals surface area contributed by atoms with E-state index in [4.69, 9.17) is 32.7 Å². The summed E-state index contributed by atoms with van der Waals surface area (Å²) in [5.74, 6) is 0.872. The van der Waals surface area contributed by atoms with Gasteiger partial charge in [0.1, 0.15) is 6.61 Å². The summed E-state index contributed by atoms with van der Waals surface area (Å²) >= 11 is 17.1. The third-order valence-electron chi connectivity index (χ3n) is 5.58. The van der Waals surface area contributed by atoms with Crippen LogP contribution in [0.15, 0.2) is 87.2 Å². The van der Waals surface area contributed by atoms with E-state index in [1.807, 2.05) is 36.4 Å². The lowest BCUT2D eigenvalue weighted by molar-refractivity contribution is -0.115. The summed E-state index contributed by atoms with van der Waals surface area (Å²) in [5, 5.41) is 6.43. The van der Waals surface area contributed by atoms with Crippen molar-refractivity contribution in [1.82, 2.24) is 5.32 Å². The van der Waals surface area contributed by atoms with Crippen molar-refractivity contribution < 1.29 is 14.3 Å². The van der Waals surface area contributed by atoms with Crippen LogP contribution in [-0.2, 0) is 11.4 Å². The molecule has 0 saturated carbocycles. The lowest BCUT2D eigenvalue weighted by atomic mass is 10.1. The fourth-order valence-corrected chi connectivity index (χ4v) is 5.58. The van der Waals surface area contributed by atoms with Gasteiger partial charge in [-0.1, -0.05) is 65.7 Å². The molecule has 1 saturated heterocycles. The molecular formula is C28H19BrCl2N2O3S. The number of halogens is 3. The van der Waals surface area contributed by atoms with Gasteiger partial charge in [0.05, 0.1) is 27.2 Å². The van der Waals surface area contributed by atoms with Crippen molar-refractivity contribution in [3.05, 3.63) is 103 Å². The SMILES string of the molecule is COc1cc(/C=C2/SC(=Nc3cc(Cl)ccc3Cl)NC2=O)cc(Br)c1OCc1cccc2ccccc12. The van der Waals surface area contributed by atoms with Gasteiger partial charge in [-0.15, -0.1) is 0 Å². The Morgan fingerprint density at radius 2 is 1.86 bits per heavy atom. The highest BCUT2D eigenvalue weighted by Gasteiger charge is 2.24. The van der Waals surface area contributed by atoms with E-state index in [2.05, 4.69) is 44.4 Å².